The Morgan fingerprint density at radius 1 is 1.07 bits per heavy atom. The van der Waals surface area contributed by atoms with Gasteiger partial charge in [-0.2, -0.15) is 0 Å². The minimum absolute atomic E-state index is 0.152. The Hall–Kier alpha value is -3.82. The number of nitrogens with one attached hydrogen (secondary N) is 1. The molecule has 1 aromatic carbocycles. The van der Waals surface area contributed by atoms with Crippen LogP contribution >= 0.6 is 0 Å². The van der Waals surface area contributed by atoms with Crippen molar-refractivity contribution in [3.8, 4) is 0 Å². The van der Waals surface area contributed by atoms with E-state index in [1.54, 1.807) is 0 Å². The van der Waals surface area contributed by atoms with Crippen molar-refractivity contribution in [2.75, 3.05) is 14.2 Å². The molecule has 10 nitrogen and oxygen atoms in total. The summed E-state index contributed by atoms with van der Waals surface area (Å²) in [5, 5.41) is 13.5. The second kappa shape index (κ2) is 9.93. The molecule has 152 valence electrons. The number of carbonyl (C=O) groups is 3. The molecule has 10 heteroatoms. The van der Waals surface area contributed by atoms with Crippen molar-refractivity contribution in [1.29, 1.82) is 0 Å². The van der Waals surface area contributed by atoms with Crippen LogP contribution in [-0.2, 0) is 19.1 Å². The lowest BCUT2D eigenvalue weighted by Gasteiger charge is -2.26. The third-order valence-corrected chi connectivity index (χ3v) is 4.23. The highest BCUT2D eigenvalue weighted by molar-refractivity contribution is 5.97. The zero-order valence-corrected chi connectivity index (χ0v) is 15.7. The molecule has 0 radical (unpaired) electrons. The van der Waals surface area contributed by atoms with Crippen LogP contribution in [0, 0.1) is 10.1 Å². The number of methoxy groups -OCH3 is 2. The van der Waals surface area contributed by atoms with Crippen molar-refractivity contribution in [2.24, 2.45) is 0 Å². The Labute approximate surface area is 166 Å². The van der Waals surface area contributed by atoms with Crippen LogP contribution in [0.5, 0.6) is 0 Å². The number of esters is 2. The van der Waals surface area contributed by atoms with Gasteiger partial charge in [0.25, 0.3) is 11.6 Å². The molecule has 1 amide bonds. The lowest BCUT2D eigenvalue weighted by Crippen LogP contribution is -2.46. The fourth-order valence-corrected chi connectivity index (χ4v) is 2.71. The van der Waals surface area contributed by atoms with Crippen molar-refractivity contribution in [3.05, 3.63) is 70.0 Å². The number of hydrogen-bond acceptors (Lipinski definition) is 8. The molecule has 0 spiro atoms. The van der Waals surface area contributed by atoms with Crippen LogP contribution < -0.4 is 5.32 Å². The maximum atomic E-state index is 12.6. The molecule has 0 saturated carbocycles. The molecule has 0 bridgehead atoms. The first-order chi connectivity index (χ1) is 13.9. The number of carbonyl (C=O) groups excluding carboxylic acids is 3. The van der Waals surface area contributed by atoms with E-state index in [1.807, 2.05) is 0 Å². The standard InChI is InChI=1S/C19H19N3O7/c1-28-16(23)11-15(12-3-5-14(6-4-12)22(26)27)17(19(25)29-2)21-18(24)13-7-9-20-10-8-13/h3-10,15,17H,11H2,1-2H3,(H,21,24)/t15-,17+/m1/s1. The molecular formula is C19H19N3O7. The Kier molecular flexibility index (Phi) is 7.35. The average molecular weight is 401 g/mol. The number of ether oxygens (including phenoxy) is 2. The van der Waals surface area contributed by atoms with Gasteiger partial charge in [0.1, 0.15) is 6.04 Å². The van der Waals surface area contributed by atoms with Crippen molar-refractivity contribution in [1.82, 2.24) is 10.3 Å². The van der Waals surface area contributed by atoms with Gasteiger partial charge in [0.15, 0.2) is 0 Å². The summed E-state index contributed by atoms with van der Waals surface area (Å²) in [6, 6.07) is 7.02. The normalized spacial score (nSPS) is 12.3. The van der Waals surface area contributed by atoms with Gasteiger partial charge in [0.05, 0.1) is 25.6 Å². The van der Waals surface area contributed by atoms with Crippen LogP contribution in [0.3, 0.4) is 0 Å². The van der Waals surface area contributed by atoms with Crippen molar-refractivity contribution in [3.63, 3.8) is 0 Å². The number of nitro groups is 1. The smallest absolute Gasteiger partial charge is 0.329 e. The van der Waals surface area contributed by atoms with Gasteiger partial charge in [-0.1, -0.05) is 12.1 Å². The van der Waals surface area contributed by atoms with Gasteiger partial charge in [-0.3, -0.25) is 24.7 Å². The Balaban J connectivity index is 2.40. The second-order valence-electron chi connectivity index (χ2n) is 5.95. The molecule has 0 aliphatic rings. The third-order valence-electron chi connectivity index (χ3n) is 4.23. The number of rotatable bonds is 8. The van der Waals surface area contributed by atoms with Crippen LogP contribution in [-0.4, -0.2) is 48.0 Å². The van der Waals surface area contributed by atoms with E-state index in [0.717, 1.165) is 7.11 Å². The average Bonchev–Trinajstić information content (AvgIpc) is 2.75. The number of nitrogens with zero attached hydrogens (tertiary/aromatic N) is 2. The summed E-state index contributed by atoms with van der Waals surface area (Å²) in [5.74, 6) is -2.85. The van der Waals surface area contributed by atoms with E-state index >= 15 is 0 Å². The fourth-order valence-electron chi connectivity index (χ4n) is 2.71. The molecule has 1 aromatic heterocycles. The SMILES string of the molecule is COC(=O)C[C@H](c1ccc([N+](=O)[O-])cc1)[C@H](NC(=O)c1ccncc1)C(=O)OC. The molecule has 0 fully saturated rings. The van der Waals surface area contributed by atoms with E-state index < -0.39 is 34.7 Å². The van der Waals surface area contributed by atoms with Gasteiger partial charge in [0, 0.05) is 36.0 Å². The van der Waals surface area contributed by atoms with Crippen LogP contribution in [0.2, 0.25) is 0 Å². The van der Waals surface area contributed by atoms with Crippen LogP contribution in [0.1, 0.15) is 28.3 Å². The Morgan fingerprint density at radius 2 is 1.69 bits per heavy atom. The van der Waals surface area contributed by atoms with E-state index in [9.17, 15) is 24.5 Å². The van der Waals surface area contributed by atoms with E-state index in [2.05, 4.69) is 10.3 Å². The van der Waals surface area contributed by atoms with Crippen molar-refractivity contribution >= 4 is 23.5 Å². The minimum Gasteiger partial charge on any atom is -0.469 e. The van der Waals surface area contributed by atoms with Gasteiger partial charge in [-0.05, 0) is 17.7 Å². The summed E-state index contributed by atoms with van der Waals surface area (Å²) in [5.41, 5.74) is 0.529. The molecule has 29 heavy (non-hydrogen) atoms. The third kappa shape index (κ3) is 5.58. The van der Waals surface area contributed by atoms with Gasteiger partial charge in [-0.25, -0.2) is 4.79 Å². The molecule has 0 aliphatic carbocycles. The summed E-state index contributed by atoms with van der Waals surface area (Å²) in [6.07, 6.45) is 2.58. The summed E-state index contributed by atoms with van der Waals surface area (Å²) in [6.45, 7) is 0. The summed E-state index contributed by atoms with van der Waals surface area (Å²) in [4.78, 5) is 51.1. The number of amides is 1. The number of pyridine rings is 1. The zero-order chi connectivity index (χ0) is 21.4. The highest BCUT2D eigenvalue weighted by Gasteiger charge is 2.34. The highest BCUT2D eigenvalue weighted by atomic mass is 16.6. The molecule has 2 rings (SSSR count). The van der Waals surface area contributed by atoms with E-state index in [4.69, 9.17) is 9.47 Å². The second-order valence-corrected chi connectivity index (χ2v) is 5.95. The molecule has 1 N–H and O–H groups in total. The summed E-state index contributed by atoms with van der Waals surface area (Å²) in [7, 11) is 2.34. The molecule has 0 unspecified atom stereocenters. The van der Waals surface area contributed by atoms with Gasteiger partial charge >= 0.3 is 11.9 Å². The Bertz CT molecular complexity index is 884. The largest absolute Gasteiger partial charge is 0.469 e. The Morgan fingerprint density at radius 3 is 2.21 bits per heavy atom. The number of aromatic nitrogens is 1. The molecule has 1 heterocycles. The molecular weight excluding hydrogens is 382 g/mol. The molecule has 2 atom stereocenters. The van der Waals surface area contributed by atoms with Crippen LogP contribution in [0.25, 0.3) is 0 Å². The maximum absolute atomic E-state index is 12.6. The van der Waals surface area contributed by atoms with E-state index in [0.29, 0.717) is 5.56 Å². The topological polar surface area (TPSA) is 138 Å². The molecule has 0 saturated heterocycles. The lowest BCUT2D eigenvalue weighted by molar-refractivity contribution is -0.384. The first kappa shape index (κ1) is 21.5. The lowest BCUT2D eigenvalue weighted by atomic mass is 9.88. The highest BCUT2D eigenvalue weighted by Crippen LogP contribution is 2.27. The number of hydrogen-bond donors (Lipinski definition) is 1. The monoisotopic (exact) mass is 401 g/mol. The quantitative estimate of drug-likeness (QED) is 0.400. The van der Waals surface area contributed by atoms with Gasteiger partial charge < -0.3 is 14.8 Å². The summed E-state index contributed by atoms with van der Waals surface area (Å²) >= 11 is 0. The van der Waals surface area contributed by atoms with E-state index in [1.165, 1.54) is 55.9 Å². The predicted octanol–water partition coefficient (Wildman–Crippen LogP) is 1.61. The van der Waals surface area contributed by atoms with Crippen LogP contribution in [0.15, 0.2) is 48.8 Å². The maximum Gasteiger partial charge on any atom is 0.329 e. The fraction of sp³-hybridized carbons (Fsp3) is 0.263. The molecule has 0 aliphatic heterocycles. The minimum atomic E-state index is -1.23. The zero-order valence-electron chi connectivity index (χ0n) is 15.7. The number of nitro benzene ring substituents is 1. The summed E-state index contributed by atoms with van der Waals surface area (Å²) < 4.78 is 9.50. The predicted molar refractivity (Wildman–Crippen MR) is 100.0 cm³/mol. The first-order valence-electron chi connectivity index (χ1n) is 8.47. The first-order valence-corrected chi connectivity index (χ1v) is 8.47. The van der Waals surface area contributed by atoms with Crippen LogP contribution in [0.4, 0.5) is 5.69 Å². The van der Waals surface area contributed by atoms with E-state index in [-0.39, 0.29) is 17.7 Å². The molecule has 2 aromatic rings. The number of benzene rings is 1. The van der Waals surface area contributed by atoms with Crippen molar-refractivity contribution in [2.45, 2.75) is 18.4 Å². The van der Waals surface area contributed by atoms with Gasteiger partial charge in [-0.15, -0.1) is 0 Å². The van der Waals surface area contributed by atoms with Gasteiger partial charge in [0.2, 0.25) is 0 Å². The van der Waals surface area contributed by atoms with Crippen molar-refractivity contribution < 1.29 is 28.8 Å². The number of non-ortho nitro benzene ring substituents is 1.